The molecule has 0 saturated carbocycles. The number of nitrogens with one attached hydrogen (secondary N) is 1. The van der Waals surface area contributed by atoms with Gasteiger partial charge in [-0.3, -0.25) is 9.59 Å². The first-order valence-electron chi connectivity index (χ1n) is 13.4. The number of carbonyl (C=O) groups excluding carboxylic acids is 2. The SMILES string of the molecule is COc1cc(CO)cc(I)c1OC1C=C(C(=O)NCCO)CC(N(Cc2ccc(Cl)c(Cl)c2)C(=O)C2CCCO2)C1O. The number of carbonyl (C=O) groups is 2. The normalized spacial score (nSPS) is 21.9. The van der Waals surface area contributed by atoms with Gasteiger partial charge in [-0.25, -0.2) is 0 Å². The van der Waals surface area contributed by atoms with Gasteiger partial charge in [-0.05, 0) is 76.9 Å². The van der Waals surface area contributed by atoms with Crippen molar-refractivity contribution >= 4 is 57.6 Å². The van der Waals surface area contributed by atoms with E-state index in [1.165, 1.54) is 18.1 Å². The Bertz CT molecular complexity index is 1320. The molecule has 2 aromatic rings. The fourth-order valence-electron chi connectivity index (χ4n) is 5.05. The second kappa shape index (κ2) is 15.0. The lowest BCUT2D eigenvalue weighted by atomic mass is 9.87. The van der Waals surface area contributed by atoms with Crippen molar-refractivity contribution in [3.05, 3.63) is 66.7 Å². The number of halogens is 3. The molecule has 10 nitrogen and oxygen atoms in total. The third-order valence-corrected chi connectivity index (χ3v) is 8.71. The van der Waals surface area contributed by atoms with Crippen LogP contribution >= 0.6 is 45.8 Å². The molecular formula is C29H33Cl2IN2O8. The predicted octanol–water partition coefficient (Wildman–Crippen LogP) is 3.22. The number of amides is 2. The molecule has 0 radical (unpaired) electrons. The second-order valence-corrected chi connectivity index (χ2v) is 12.0. The van der Waals surface area contributed by atoms with E-state index in [9.17, 15) is 24.9 Å². The van der Waals surface area contributed by atoms with E-state index >= 15 is 0 Å². The standard InChI is InChI=1S/C29H33Cl2IN2O8/c1-40-25-11-17(15-36)10-21(32)27(25)42-24-13-18(28(38)33-6-7-35)12-22(26(24)37)34(29(39)23-3-2-8-41-23)14-16-4-5-19(30)20(31)9-16/h4-5,9-11,13,22-24,26,35-37H,2-3,6-8,12,14-15H2,1H3,(H,33,38). The summed E-state index contributed by atoms with van der Waals surface area (Å²) in [5.41, 5.74) is 1.57. The maximum Gasteiger partial charge on any atom is 0.252 e. The summed E-state index contributed by atoms with van der Waals surface area (Å²) in [5.74, 6) is -0.125. The number of hydrogen-bond acceptors (Lipinski definition) is 8. The molecule has 2 aromatic carbocycles. The monoisotopic (exact) mass is 734 g/mol. The highest BCUT2D eigenvalue weighted by atomic mass is 127. The van der Waals surface area contributed by atoms with Crippen molar-refractivity contribution < 1.29 is 39.1 Å². The van der Waals surface area contributed by atoms with Crippen molar-refractivity contribution in [3.8, 4) is 11.5 Å². The maximum atomic E-state index is 13.9. The highest BCUT2D eigenvalue weighted by molar-refractivity contribution is 14.1. The van der Waals surface area contributed by atoms with Gasteiger partial charge in [-0.15, -0.1) is 0 Å². The minimum atomic E-state index is -1.26. The smallest absolute Gasteiger partial charge is 0.252 e. The van der Waals surface area contributed by atoms with Crippen LogP contribution in [0.25, 0.3) is 0 Å². The molecule has 4 N–H and O–H groups in total. The minimum Gasteiger partial charge on any atom is -0.493 e. The molecule has 1 aliphatic heterocycles. The van der Waals surface area contributed by atoms with Crippen LogP contribution < -0.4 is 14.8 Å². The van der Waals surface area contributed by atoms with Crippen LogP contribution in [0.1, 0.15) is 30.4 Å². The average Bonchev–Trinajstić information content (AvgIpc) is 3.53. The van der Waals surface area contributed by atoms with Gasteiger partial charge in [-0.2, -0.15) is 0 Å². The third-order valence-electron chi connectivity index (χ3n) is 7.17. The Labute approximate surface area is 267 Å². The van der Waals surface area contributed by atoms with E-state index in [1.54, 1.807) is 30.3 Å². The first-order chi connectivity index (χ1) is 20.2. The molecule has 2 amide bonds. The van der Waals surface area contributed by atoms with Gasteiger partial charge >= 0.3 is 0 Å². The molecule has 0 bridgehead atoms. The highest BCUT2D eigenvalue weighted by Crippen LogP contribution is 2.38. The van der Waals surface area contributed by atoms with Crippen molar-refractivity contribution in [3.63, 3.8) is 0 Å². The van der Waals surface area contributed by atoms with Crippen LogP contribution in [0.3, 0.4) is 0 Å². The molecule has 4 unspecified atom stereocenters. The Balaban J connectivity index is 1.74. The lowest BCUT2D eigenvalue weighted by molar-refractivity contribution is -0.149. The molecule has 2 aliphatic rings. The molecule has 42 heavy (non-hydrogen) atoms. The summed E-state index contributed by atoms with van der Waals surface area (Å²) in [6, 6.07) is 7.50. The first-order valence-corrected chi connectivity index (χ1v) is 15.3. The average molecular weight is 735 g/mol. The van der Waals surface area contributed by atoms with Crippen LogP contribution in [0.15, 0.2) is 42.0 Å². The van der Waals surface area contributed by atoms with Crippen molar-refractivity contribution in [2.75, 3.05) is 26.9 Å². The summed E-state index contributed by atoms with van der Waals surface area (Å²) in [7, 11) is 1.46. The number of hydrogen-bond donors (Lipinski definition) is 4. The molecule has 0 spiro atoms. The van der Waals surface area contributed by atoms with Crippen molar-refractivity contribution in [1.29, 1.82) is 0 Å². The van der Waals surface area contributed by atoms with Gasteiger partial charge in [-0.1, -0.05) is 29.3 Å². The largest absolute Gasteiger partial charge is 0.493 e. The summed E-state index contributed by atoms with van der Waals surface area (Å²) < 4.78 is 18.1. The van der Waals surface area contributed by atoms with E-state index in [0.29, 0.717) is 49.3 Å². The third kappa shape index (κ3) is 7.68. The maximum absolute atomic E-state index is 13.9. The highest BCUT2D eigenvalue weighted by Gasteiger charge is 2.43. The van der Waals surface area contributed by atoms with Crippen molar-refractivity contribution in [2.24, 2.45) is 0 Å². The zero-order valence-corrected chi connectivity index (χ0v) is 26.6. The fraction of sp³-hybridized carbons (Fsp3) is 0.448. The van der Waals surface area contributed by atoms with Crippen LogP contribution in [-0.4, -0.2) is 83.3 Å². The van der Waals surface area contributed by atoms with Crippen LogP contribution in [0.4, 0.5) is 0 Å². The van der Waals surface area contributed by atoms with Gasteiger partial charge in [0.15, 0.2) is 11.5 Å². The van der Waals surface area contributed by atoms with Gasteiger partial charge in [0, 0.05) is 31.7 Å². The number of aliphatic hydroxyl groups excluding tert-OH is 3. The first kappa shape index (κ1) is 32.8. The predicted molar refractivity (Wildman–Crippen MR) is 165 cm³/mol. The number of rotatable bonds is 11. The number of ether oxygens (including phenoxy) is 3. The summed E-state index contributed by atoms with van der Waals surface area (Å²) in [6.45, 7) is 0.100. The summed E-state index contributed by atoms with van der Waals surface area (Å²) in [5, 5.41) is 34.0. The van der Waals surface area contributed by atoms with Crippen LogP contribution in [0.5, 0.6) is 11.5 Å². The Morgan fingerprint density at radius 3 is 2.60 bits per heavy atom. The van der Waals surface area contributed by atoms with E-state index in [-0.39, 0.29) is 44.2 Å². The molecule has 1 saturated heterocycles. The van der Waals surface area contributed by atoms with E-state index < -0.39 is 30.3 Å². The van der Waals surface area contributed by atoms with Gasteiger partial charge in [0.2, 0.25) is 5.91 Å². The van der Waals surface area contributed by atoms with E-state index in [1.807, 2.05) is 22.6 Å². The fourth-order valence-corrected chi connectivity index (χ4v) is 6.16. The molecule has 1 aliphatic carbocycles. The molecule has 4 atom stereocenters. The lowest BCUT2D eigenvalue weighted by Crippen LogP contribution is -2.56. The summed E-state index contributed by atoms with van der Waals surface area (Å²) in [4.78, 5) is 28.5. The van der Waals surface area contributed by atoms with E-state index in [4.69, 9.17) is 37.4 Å². The molecule has 13 heteroatoms. The number of nitrogens with zero attached hydrogens (tertiary/aromatic N) is 1. The Morgan fingerprint density at radius 1 is 1.17 bits per heavy atom. The van der Waals surface area contributed by atoms with Crippen LogP contribution in [0.2, 0.25) is 10.0 Å². The van der Waals surface area contributed by atoms with Gasteiger partial charge < -0.3 is 39.7 Å². The Hall–Kier alpha value is -2.13. The molecule has 4 rings (SSSR count). The Kier molecular flexibility index (Phi) is 11.7. The molecule has 228 valence electrons. The van der Waals surface area contributed by atoms with Gasteiger partial charge in [0.1, 0.15) is 18.3 Å². The van der Waals surface area contributed by atoms with Crippen molar-refractivity contribution in [2.45, 2.75) is 56.8 Å². The van der Waals surface area contributed by atoms with E-state index in [2.05, 4.69) is 5.32 Å². The minimum absolute atomic E-state index is 0.0236. The molecule has 1 heterocycles. The zero-order valence-electron chi connectivity index (χ0n) is 22.9. The van der Waals surface area contributed by atoms with Crippen LogP contribution in [0, 0.1) is 3.57 Å². The Morgan fingerprint density at radius 2 is 1.95 bits per heavy atom. The number of benzene rings is 2. The lowest BCUT2D eigenvalue weighted by Gasteiger charge is -2.41. The summed E-state index contributed by atoms with van der Waals surface area (Å²) in [6.07, 6.45) is -0.199. The molecule has 1 fully saturated rings. The topological polar surface area (TPSA) is 138 Å². The molecular weight excluding hydrogens is 702 g/mol. The van der Waals surface area contributed by atoms with Crippen molar-refractivity contribution in [1.82, 2.24) is 10.2 Å². The zero-order chi connectivity index (χ0) is 30.4. The number of methoxy groups -OCH3 is 1. The van der Waals surface area contributed by atoms with E-state index in [0.717, 1.165) is 6.42 Å². The molecule has 0 aromatic heterocycles. The van der Waals surface area contributed by atoms with Gasteiger partial charge in [0.05, 0.1) is 40.0 Å². The van der Waals surface area contributed by atoms with Gasteiger partial charge in [0.25, 0.3) is 5.91 Å². The second-order valence-electron chi connectivity index (χ2n) is 10.00. The van der Waals surface area contributed by atoms with Crippen LogP contribution in [-0.2, 0) is 27.5 Å². The number of aliphatic hydroxyl groups is 3. The summed E-state index contributed by atoms with van der Waals surface area (Å²) >= 11 is 14.4. The quantitative estimate of drug-likeness (QED) is 0.259.